The Bertz CT molecular complexity index is 285. The van der Waals surface area contributed by atoms with Crippen LogP contribution < -0.4 is 4.74 Å². The first-order valence-corrected chi connectivity index (χ1v) is 4.20. The summed E-state index contributed by atoms with van der Waals surface area (Å²) in [5, 5.41) is 8.70. The molecule has 0 unspecified atom stereocenters. The van der Waals surface area contributed by atoms with Crippen molar-refractivity contribution < 1.29 is 9.84 Å². The molecule has 13 heavy (non-hydrogen) atoms. The van der Waals surface area contributed by atoms with E-state index < -0.39 is 0 Å². The fourth-order valence-electron chi connectivity index (χ4n) is 1.11. The molecule has 0 bridgehead atoms. The largest absolute Gasteiger partial charge is 0.497 e. The number of ether oxygens (including phenoxy) is 1. The Labute approximate surface area is 78.5 Å². The highest BCUT2D eigenvalue weighted by Gasteiger charge is 1.95. The lowest BCUT2D eigenvalue weighted by molar-refractivity contribution is 0.343. The van der Waals surface area contributed by atoms with Gasteiger partial charge in [0.05, 0.1) is 13.7 Å². The predicted molar refractivity (Wildman–Crippen MR) is 53.7 cm³/mol. The molecule has 0 spiro atoms. The van der Waals surface area contributed by atoms with E-state index in [0.717, 1.165) is 16.9 Å². The van der Waals surface area contributed by atoms with Crippen molar-refractivity contribution in [1.82, 2.24) is 0 Å². The van der Waals surface area contributed by atoms with Crippen molar-refractivity contribution in [3.05, 3.63) is 35.9 Å². The van der Waals surface area contributed by atoms with Gasteiger partial charge in [-0.3, -0.25) is 0 Å². The molecular formula is C11H14O2. The summed E-state index contributed by atoms with van der Waals surface area (Å²) in [7, 11) is 1.64. The summed E-state index contributed by atoms with van der Waals surface area (Å²) < 4.78 is 5.04. The van der Waals surface area contributed by atoms with Crippen LogP contribution >= 0.6 is 0 Å². The first-order valence-electron chi connectivity index (χ1n) is 4.20. The molecule has 0 atom stereocenters. The summed E-state index contributed by atoms with van der Waals surface area (Å²) in [6, 6.07) is 7.76. The van der Waals surface area contributed by atoms with E-state index in [9.17, 15) is 0 Å². The Morgan fingerprint density at radius 3 is 2.46 bits per heavy atom. The molecule has 2 nitrogen and oxygen atoms in total. The van der Waals surface area contributed by atoms with Gasteiger partial charge < -0.3 is 9.84 Å². The minimum atomic E-state index is 0.0812. The van der Waals surface area contributed by atoms with Crippen molar-refractivity contribution in [2.24, 2.45) is 0 Å². The predicted octanol–water partition coefficient (Wildman–Crippen LogP) is 2.09. The Morgan fingerprint density at radius 1 is 1.38 bits per heavy atom. The standard InChI is InChI=1S/C11H14O2/c1-9(7-8-12)10-3-5-11(13-2)6-4-10/h3-7,12H,8H2,1-2H3. The number of rotatable bonds is 3. The van der Waals surface area contributed by atoms with E-state index in [1.165, 1.54) is 0 Å². The first kappa shape index (κ1) is 9.81. The zero-order valence-electron chi connectivity index (χ0n) is 7.95. The van der Waals surface area contributed by atoms with E-state index in [4.69, 9.17) is 9.84 Å². The smallest absolute Gasteiger partial charge is 0.118 e. The summed E-state index contributed by atoms with van der Waals surface area (Å²) >= 11 is 0. The van der Waals surface area contributed by atoms with Gasteiger partial charge in [0.25, 0.3) is 0 Å². The third kappa shape index (κ3) is 2.60. The van der Waals surface area contributed by atoms with Crippen molar-refractivity contribution in [3.63, 3.8) is 0 Å². The molecule has 0 saturated heterocycles. The van der Waals surface area contributed by atoms with Gasteiger partial charge in [0, 0.05) is 0 Å². The minimum absolute atomic E-state index is 0.0812. The molecule has 0 aromatic heterocycles. The van der Waals surface area contributed by atoms with Gasteiger partial charge in [-0.1, -0.05) is 18.2 Å². The summed E-state index contributed by atoms with van der Waals surface area (Å²) in [6.07, 6.45) is 1.78. The Hall–Kier alpha value is -1.28. The van der Waals surface area contributed by atoms with Crippen LogP contribution in [0, 0.1) is 0 Å². The van der Waals surface area contributed by atoms with Crippen molar-refractivity contribution >= 4 is 5.57 Å². The first-order chi connectivity index (χ1) is 6.27. The van der Waals surface area contributed by atoms with E-state index in [1.54, 1.807) is 13.2 Å². The number of aliphatic hydroxyl groups is 1. The molecule has 0 aliphatic rings. The van der Waals surface area contributed by atoms with Crippen LogP contribution in [0.25, 0.3) is 5.57 Å². The lowest BCUT2D eigenvalue weighted by Crippen LogP contribution is -1.85. The molecule has 0 saturated carbocycles. The van der Waals surface area contributed by atoms with E-state index in [-0.39, 0.29) is 6.61 Å². The van der Waals surface area contributed by atoms with Crippen LogP contribution in [-0.4, -0.2) is 18.8 Å². The lowest BCUT2D eigenvalue weighted by Gasteiger charge is -2.02. The van der Waals surface area contributed by atoms with Gasteiger partial charge in [-0.05, 0) is 30.2 Å². The molecule has 70 valence electrons. The minimum Gasteiger partial charge on any atom is -0.497 e. The molecule has 1 N–H and O–H groups in total. The van der Waals surface area contributed by atoms with E-state index in [0.29, 0.717) is 0 Å². The van der Waals surface area contributed by atoms with Crippen LogP contribution in [0.4, 0.5) is 0 Å². The molecular weight excluding hydrogens is 164 g/mol. The Balaban J connectivity index is 2.85. The van der Waals surface area contributed by atoms with Gasteiger partial charge >= 0.3 is 0 Å². The number of allylic oxidation sites excluding steroid dienone is 1. The maximum atomic E-state index is 8.70. The second-order valence-corrected chi connectivity index (χ2v) is 2.80. The van der Waals surface area contributed by atoms with Gasteiger partial charge in [0.15, 0.2) is 0 Å². The second kappa shape index (κ2) is 4.67. The van der Waals surface area contributed by atoms with Crippen molar-refractivity contribution in [2.75, 3.05) is 13.7 Å². The van der Waals surface area contributed by atoms with Gasteiger partial charge in [-0.2, -0.15) is 0 Å². The Kier molecular flexibility index (Phi) is 3.53. The van der Waals surface area contributed by atoms with Crippen LogP contribution in [0.5, 0.6) is 5.75 Å². The number of aliphatic hydroxyl groups excluding tert-OH is 1. The highest BCUT2D eigenvalue weighted by atomic mass is 16.5. The molecule has 0 heterocycles. The molecule has 1 aromatic carbocycles. The highest BCUT2D eigenvalue weighted by Crippen LogP contribution is 2.17. The topological polar surface area (TPSA) is 29.5 Å². The van der Waals surface area contributed by atoms with Gasteiger partial charge in [0.2, 0.25) is 0 Å². The molecule has 0 aliphatic heterocycles. The van der Waals surface area contributed by atoms with Gasteiger partial charge in [-0.15, -0.1) is 0 Å². The van der Waals surface area contributed by atoms with Crippen molar-refractivity contribution in [2.45, 2.75) is 6.92 Å². The molecule has 0 radical (unpaired) electrons. The van der Waals surface area contributed by atoms with Crippen LogP contribution in [-0.2, 0) is 0 Å². The highest BCUT2D eigenvalue weighted by molar-refractivity contribution is 5.64. The van der Waals surface area contributed by atoms with Crippen molar-refractivity contribution in [1.29, 1.82) is 0 Å². The summed E-state index contributed by atoms with van der Waals surface area (Å²) in [4.78, 5) is 0. The third-order valence-electron chi connectivity index (χ3n) is 1.94. The number of benzene rings is 1. The molecule has 0 aliphatic carbocycles. The fraction of sp³-hybridized carbons (Fsp3) is 0.273. The zero-order chi connectivity index (χ0) is 9.68. The van der Waals surface area contributed by atoms with Crippen LogP contribution in [0.3, 0.4) is 0 Å². The number of hydrogen-bond donors (Lipinski definition) is 1. The van der Waals surface area contributed by atoms with Crippen LogP contribution in [0.15, 0.2) is 30.3 Å². The molecule has 2 heteroatoms. The van der Waals surface area contributed by atoms with Gasteiger partial charge in [-0.25, -0.2) is 0 Å². The molecule has 0 fully saturated rings. The second-order valence-electron chi connectivity index (χ2n) is 2.80. The Morgan fingerprint density at radius 2 is 2.00 bits per heavy atom. The SMILES string of the molecule is COc1ccc(C(C)=CCO)cc1. The van der Waals surface area contributed by atoms with Crippen LogP contribution in [0.2, 0.25) is 0 Å². The average molecular weight is 178 g/mol. The number of hydrogen-bond acceptors (Lipinski definition) is 2. The van der Waals surface area contributed by atoms with E-state index in [1.807, 2.05) is 31.2 Å². The van der Waals surface area contributed by atoms with Crippen molar-refractivity contribution in [3.8, 4) is 5.75 Å². The average Bonchev–Trinajstić information content (AvgIpc) is 2.18. The van der Waals surface area contributed by atoms with Crippen LogP contribution in [0.1, 0.15) is 12.5 Å². The summed E-state index contributed by atoms with van der Waals surface area (Å²) in [5.41, 5.74) is 2.18. The van der Waals surface area contributed by atoms with E-state index >= 15 is 0 Å². The molecule has 1 rings (SSSR count). The fourth-order valence-corrected chi connectivity index (χ4v) is 1.11. The maximum absolute atomic E-state index is 8.70. The summed E-state index contributed by atoms with van der Waals surface area (Å²) in [5.74, 6) is 0.848. The molecule has 0 amide bonds. The molecule has 1 aromatic rings. The quantitative estimate of drug-likeness (QED) is 0.768. The lowest BCUT2D eigenvalue weighted by atomic mass is 10.1. The third-order valence-corrected chi connectivity index (χ3v) is 1.94. The van der Waals surface area contributed by atoms with Gasteiger partial charge in [0.1, 0.15) is 5.75 Å². The number of methoxy groups -OCH3 is 1. The monoisotopic (exact) mass is 178 g/mol. The maximum Gasteiger partial charge on any atom is 0.118 e. The normalized spacial score (nSPS) is 11.5. The summed E-state index contributed by atoms with van der Waals surface area (Å²) in [6.45, 7) is 2.05. The van der Waals surface area contributed by atoms with E-state index in [2.05, 4.69) is 0 Å². The zero-order valence-corrected chi connectivity index (χ0v) is 7.95.